The van der Waals surface area contributed by atoms with E-state index >= 15 is 0 Å². The molecule has 0 spiro atoms. The van der Waals surface area contributed by atoms with Gasteiger partial charge in [0.25, 0.3) is 5.91 Å². The molecule has 1 aromatic heterocycles. The van der Waals surface area contributed by atoms with Gasteiger partial charge in [-0.2, -0.15) is 0 Å². The summed E-state index contributed by atoms with van der Waals surface area (Å²) in [6.45, 7) is 19.9. The topological polar surface area (TPSA) is 154 Å². The molecule has 4 aromatic rings. The van der Waals surface area contributed by atoms with Crippen LogP contribution in [-0.2, 0) is 60.9 Å². The molecule has 3 aliphatic rings. The van der Waals surface area contributed by atoms with Crippen molar-refractivity contribution in [3.05, 3.63) is 89.5 Å². The van der Waals surface area contributed by atoms with Crippen molar-refractivity contribution in [2.24, 2.45) is 17.3 Å². The molecule has 3 aromatic carbocycles. The molecule has 2 fully saturated rings. The van der Waals surface area contributed by atoms with Crippen LogP contribution in [-0.4, -0.2) is 105 Å². The number of cyclic esters (lactones) is 1. The van der Waals surface area contributed by atoms with Gasteiger partial charge in [-0.15, -0.1) is 0 Å². The molecule has 13 nitrogen and oxygen atoms in total. The molecule has 0 aliphatic carbocycles. The average molecular weight is 901 g/mol. The minimum Gasteiger partial charge on any atom is -0.508 e. The lowest BCUT2D eigenvalue weighted by Gasteiger charge is -2.37. The van der Waals surface area contributed by atoms with Crippen LogP contribution in [0.1, 0.15) is 90.0 Å². The number of hydrazine groups is 1. The van der Waals surface area contributed by atoms with E-state index in [1.165, 1.54) is 43.9 Å². The first kappa shape index (κ1) is 48.0. The number of fused-ring (bicyclic) bond motifs is 6. The Labute approximate surface area is 389 Å². The first-order valence-corrected chi connectivity index (χ1v) is 23.8. The Balaban J connectivity index is 1.32. The van der Waals surface area contributed by atoms with Crippen LogP contribution >= 0.6 is 0 Å². The third-order valence-electron chi connectivity index (χ3n) is 13.8. The van der Waals surface area contributed by atoms with Crippen molar-refractivity contribution in [1.29, 1.82) is 0 Å². The summed E-state index contributed by atoms with van der Waals surface area (Å²) in [5.41, 5.74) is 12.1. The second kappa shape index (κ2) is 19.9. The highest BCUT2D eigenvalue weighted by Gasteiger charge is 2.40. The zero-order chi connectivity index (χ0) is 47.6. The van der Waals surface area contributed by atoms with Gasteiger partial charge >= 0.3 is 5.97 Å². The summed E-state index contributed by atoms with van der Waals surface area (Å²) in [6.07, 6.45) is 5.04. The normalized spacial score (nSPS) is 20.5. The van der Waals surface area contributed by atoms with Crippen molar-refractivity contribution < 1.29 is 33.8 Å². The summed E-state index contributed by atoms with van der Waals surface area (Å²) in [7, 11) is 1.59. The van der Waals surface area contributed by atoms with Gasteiger partial charge in [-0.25, -0.2) is 5.43 Å². The smallest absolute Gasteiger partial charge is 0.324 e. The molecule has 4 heterocycles. The fourth-order valence-corrected chi connectivity index (χ4v) is 10.4. The van der Waals surface area contributed by atoms with Gasteiger partial charge in [-0.3, -0.25) is 29.0 Å². The number of amides is 4. The molecule has 7 rings (SSSR count). The summed E-state index contributed by atoms with van der Waals surface area (Å²) in [6, 6.07) is 15.4. The Hall–Kier alpha value is -5.95. The molecule has 13 heteroatoms. The van der Waals surface area contributed by atoms with Crippen molar-refractivity contribution in [2.75, 3.05) is 33.3 Å². The molecule has 66 heavy (non-hydrogen) atoms. The second-order valence-corrected chi connectivity index (χ2v) is 19.5. The number of aryl methyl sites for hydroxylation is 3. The SMILES string of the molecule is C=CC(=O)N1CC[C@H](C(=O)N(C)[C@H](C(=O)N[C@H]2Cc3cc(O)cc(c3)-c3ccc4c(c3)c(c(-c3c(CC)cccc3CC)n4CC)CC(C)(C)COC(=O)[C@@H]3CCCN(N3)C2=O)C(C)C)C1. The lowest BCUT2D eigenvalue weighted by molar-refractivity contribution is -0.155. The Morgan fingerprint density at radius 2 is 1.73 bits per heavy atom. The number of aromatic nitrogens is 1. The van der Waals surface area contributed by atoms with E-state index in [0.717, 1.165) is 41.4 Å². The molecule has 0 unspecified atom stereocenters. The van der Waals surface area contributed by atoms with Crippen LogP contribution in [0.3, 0.4) is 0 Å². The van der Waals surface area contributed by atoms with E-state index in [4.69, 9.17) is 4.74 Å². The Bertz CT molecular complexity index is 2500. The molecule has 4 amide bonds. The van der Waals surface area contributed by atoms with E-state index in [-0.39, 0.29) is 43.1 Å². The van der Waals surface area contributed by atoms with Gasteiger partial charge < -0.3 is 29.5 Å². The van der Waals surface area contributed by atoms with Crippen molar-refractivity contribution in [2.45, 2.75) is 118 Å². The zero-order valence-corrected chi connectivity index (χ0v) is 40.0. The maximum atomic E-state index is 14.7. The van der Waals surface area contributed by atoms with E-state index in [1.54, 1.807) is 24.1 Å². The van der Waals surface area contributed by atoms with Gasteiger partial charge in [0.2, 0.25) is 17.7 Å². The molecule has 0 radical (unpaired) electrons. The quantitative estimate of drug-likeness (QED) is 0.114. The largest absolute Gasteiger partial charge is 0.508 e. The van der Waals surface area contributed by atoms with Gasteiger partial charge in [0.15, 0.2) is 0 Å². The number of hydrogen-bond donors (Lipinski definition) is 3. The second-order valence-electron chi connectivity index (χ2n) is 19.5. The first-order valence-electron chi connectivity index (χ1n) is 23.8. The summed E-state index contributed by atoms with van der Waals surface area (Å²) >= 11 is 0. The molecule has 352 valence electrons. The third kappa shape index (κ3) is 9.77. The molecule has 2 saturated heterocycles. The minimum atomic E-state index is -1.15. The highest BCUT2D eigenvalue weighted by atomic mass is 16.5. The lowest BCUT2D eigenvalue weighted by atomic mass is 9.83. The third-order valence-corrected chi connectivity index (χ3v) is 13.8. The standard InChI is InChI=1S/C53H68N6O7/c1-10-34-16-14-17-35(11-2)46(34)48-41-29-53(7,8)31-66-52(65)42-18-15-22-59(55-42)51(64)43(26-33-24-38(27-39(60)25-33)36-19-20-44(40(41)28-36)58(48)13-4)54-49(62)47(32(5)6)56(9)50(63)37-21-23-57(30-37)45(61)12-3/h12,14,16-17,19-20,24-25,27-28,32,37,42-43,47,55,60H,3,10-11,13,15,18,21-23,26,29-31H2,1-2,4-9H3,(H,54,62)/t37-,42-,43-,47-/m0/s1. The monoisotopic (exact) mass is 901 g/mol. The maximum absolute atomic E-state index is 14.7. The fourth-order valence-electron chi connectivity index (χ4n) is 10.4. The number of likely N-dealkylation sites (N-methyl/N-ethyl adjacent to an activating group) is 1. The number of carbonyl (C=O) groups excluding carboxylic acids is 5. The van der Waals surface area contributed by atoms with Crippen LogP contribution in [0, 0.1) is 17.3 Å². The number of carbonyl (C=O) groups is 5. The van der Waals surface area contributed by atoms with E-state index < -0.39 is 47.2 Å². The highest BCUT2D eigenvalue weighted by molar-refractivity contribution is 5.97. The van der Waals surface area contributed by atoms with Gasteiger partial charge in [0.05, 0.1) is 18.2 Å². The average Bonchev–Trinajstić information content (AvgIpc) is 3.91. The Morgan fingerprint density at radius 1 is 1.00 bits per heavy atom. The van der Waals surface area contributed by atoms with Gasteiger partial charge in [0.1, 0.15) is 23.9 Å². The summed E-state index contributed by atoms with van der Waals surface area (Å²) in [5.74, 6) is -2.75. The van der Waals surface area contributed by atoms with Crippen LogP contribution in [0.25, 0.3) is 33.3 Å². The summed E-state index contributed by atoms with van der Waals surface area (Å²) in [4.78, 5) is 72.5. The molecule has 4 atom stereocenters. The molecule has 6 bridgehead atoms. The Kier molecular flexibility index (Phi) is 14.5. The molecular formula is C53H68N6O7. The molecule has 3 N–H and O–H groups in total. The predicted octanol–water partition coefficient (Wildman–Crippen LogP) is 6.99. The van der Waals surface area contributed by atoms with Gasteiger partial charge in [-0.1, -0.05) is 78.5 Å². The number of nitrogens with zero attached hydrogens (tertiary/aromatic N) is 4. The van der Waals surface area contributed by atoms with Crippen molar-refractivity contribution >= 4 is 40.5 Å². The zero-order valence-electron chi connectivity index (χ0n) is 40.0. The van der Waals surface area contributed by atoms with Crippen LogP contribution in [0.2, 0.25) is 0 Å². The van der Waals surface area contributed by atoms with Gasteiger partial charge in [0, 0.05) is 61.5 Å². The molecular weight excluding hydrogens is 833 g/mol. The number of likely N-dealkylation sites (tertiary alicyclic amines) is 1. The number of benzene rings is 3. The minimum absolute atomic E-state index is 0.00856. The van der Waals surface area contributed by atoms with E-state index in [2.05, 4.69) is 92.9 Å². The van der Waals surface area contributed by atoms with Crippen molar-refractivity contribution in [3.63, 3.8) is 0 Å². The van der Waals surface area contributed by atoms with Gasteiger partial charge in [-0.05, 0) is 115 Å². The number of aromatic hydroxyl groups is 1. The van der Waals surface area contributed by atoms with E-state index in [1.807, 2.05) is 19.9 Å². The van der Waals surface area contributed by atoms with E-state index in [9.17, 15) is 29.1 Å². The fraction of sp³-hybridized carbons (Fsp3) is 0.491. The number of phenols is 1. The van der Waals surface area contributed by atoms with Crippen molar-refractivity contribution in [3.8, 4) is 28.1 Å². The molecule has 3 aliphatic heterocycles. The number of esters is 1. The number of rotatable bonds is 10. The summed E-state index contributed by atoms with van der Waals surface area (Å²) < 4.78 is 8.55. The van der Waals surface area contributed by atoms with E-state index in [0.29, 0.717) is 44.3 Å². The van der Waals surface area contributed by atoms with Crippen LogP contribution in [0.4, 0.5) is 0 Å². The Morgan fingerprint density at radius 3 is 2.39 bits per heavy atom. The van der Waals surface area contributed by atoms with Crippen LogP contribution < -0.4 is 10.7 Å². The lowest BCUT2D eigenvalue weighted by Crippen LogP contribution is -2.62. The predicted molar refractivity (Wildman–Crippen MR) is 257 cm³/mol. The number of phenolic OH excluding ortho intramolecular Hbond substituents is 1. The number of hydrogen-bond acceptors (Lipinski definition) is 8. The summed E-state index contributed by atoms with van der Waals surface area (Å²) in [5, 5.41) is 16.8. The maximum Gasteiger partial charge on any atom is 0.324 e. The van der Waals surface area contributed by atoms with Crippen LogP contribution in [0.15, 0.2) is 67.3 Å². The first-order chi connectivity index (χ1) is 31.5. The highest BCUT2D eigenvalue weighted by Crippen LogP contribution is 2.43. The van der Waals surface area contributed by atoms with Crippen LogP contribution in [0.5, 0.6) is 5.75 Å². The van der Waals surface area contributed by atoms with Crippen molar-refractivity contribution in [1.82, 2.24) is 30.1 Å². The number of nitrogens with one attached hydrogen (secondary N) is 2. The number of ether oxygens (including phenoxy) is 1. The molecule has 0 saturated carbocycles.